The van der Waals surface area contributed by atoms with Crippen LogP contribution in [0.5, 0.6) is 0 Å². The van der Waals surface area contributed by atoms with Gasteiger partial charge in [-0.3, -0.25) is 4.79 Å². The number of nitrogens with one attached hydrogen (secondary N) is 2. The van der Waals surface area contributed by atoms with Gasteiger partial charge in [-0.2, -0.15) is 0 Å². The normalized spacial score (nSPS) is 21.8. The van der Waals surface area contributed by atoms with Gasteiger partial charge in [-0.15, -0.1) is 0 Å². The quantitative estimate of drug-likeness (QED) is 0.566. The van der Waals surface area contributed by atoms with Gasteiger partial charge in [-0.25, -0.2) is 4.99 Å². The third-order valence-electron chi connectivity index (χ3n) is 4.80. The molecule has 1 atom stereocenters. The van der Waals surface area contributed by atoms with Crippen molar-refractivity contribution in [3.8, 4) is 0 Å². The van der Waals surface area contributed by atoms with Crippen molar-refractivity contribution in [3.63, 3.8) is 0 Å². The van der Waals surface area contributed by atoms with Crippen molar-refractivity contribution in [2.45, 2.75) is 64.1 Å². The van der Waals surface area contributed by atoms with Crippen LogP contribution in [0.4, 0.5) is 0 Å². The first-order valence-corrected chi connectivity index (χ1v) is 9.01. The molecule has 0 spiro atoms. The summed E-state index contributed by atoms with van der Waals surface area (Å²) in [5.41, 5.74) is 0. The van der Waals surface area contributed by atoms with E-state index in [4.69, 9.17) is 0 Å². The Morgan fingerprint density at radius 1 is 1.26 bits per heavy atom. The number of rotatable bonds is 6. The molecule has 0 bridgehead atoms. The van der Waals surface area contributed by atoms with E-state index in [9.17, 15) is 4.79 Å². The van der Waals surface area contributed by atoms with E-state index in [1.54, 1.807) is 19.0 Å². The molecule has 6 heteroatoms. The smallest absolute Gasteiger partial charge is 0.243 e. The lowest BCUT2D eigenvalue weighted by molar-refractivity contribution is -0.127. The Balaban J connectivity index is 1.85. The highest BCUT2D eigenvalue weighted by Crippen LogP contribution is 2.29. The Kier molecular flexibility index (Phi) is 6.69. The van der Waals surface area contributed by atoms with Crippen molar-refractivity contribution in [1.82, 2.24) is 20.4 Å². The van der Waals surface area contributed by atoms with Gasteiger partial charge in [0.1, 0.15) is 6.54 Å². The van der Waals surface area contributed by atoms with Crippen molar-refractivity contribution < 1.29 is 4.79 Å². The van der Waals surface area contributed by atoms with Crippen molar-refractivity contribution in [2.24, 2.45) is 4.99 Å². The molecule has 2 aliphatic rings. The molecule has 0 aromatic heterocycles. The molecule has 2 fully saturated rings. The van der Waals surface area contributed by atoms with E-state index in [1.165, 1.54) is 25.9 Å². The lowest BCUT2D eigenvalue weighted by Gasteiger charge is -2.33. The van der Waals surface area contributed by atoms with Crippen LogP contribution in [0.3, 0.4) is 0 Å². The zero-order chi connectivity index (χ0) is 16.8. The Labute approximate surface area is 140 Å². The molecule has 0 aromatic rings. The molecule has 2 N–H and O–H groups in total. The summed E-state index contributed by atoms with van der Waals surface area (Å²) in [5.74, 6) is 0.804. The van der Waals surface area contributed by atoms with Crippen LogP contribution in [0.1, 0.15) is 46.0 Å². The molecule has 2 rings (SSSR count). The highest BCUT2D eigenvalue weighted by molar-refractivity contribution is 5.85. The van der Waals surface area contributed by atoms with Gasteiger partial charge >= 0.3 is 0 Å². The molecule has 1 saturated carbocycles. The first-order chi connectivity index (χ1) is 11.0. The number of carbonyl (C=O) groups is 1. The maximum Gasteiger partial charge on any atom is 0.243 e. The number of nitrogens with zero attached hydrogens (tertiary/aromatic N) is 3. The summed E-state index contributed by atoms with van der Waals surface area (Å²) in [6.45, 7) is 6.83. The number of likely N-dealkylation sites (N-methyl/N-ethyl adjacent to an activating group) is 1. The number of guanidine groups is 1. The number of hydrogen-bond donors (Lipinski definition) is 2. The molecule has 1 aliphatic carbocycles. The molecule has 0 radical (unpaired) electrons. The SMILES string of the molecule is CCC(C)NC(=NCC(=O)N(C)C)NC1CCN(C2CC2)CC1. The van der Waals surface area contributed by atoms with Gasteiger partial charge in [0, 0.05) is 45.3 Å². The van der Waals surface area contributed by atoms with Crippen molar-refractivity contribution in [2.75, 3.05) is 33.7 Å². The van der Waals surface area contributed by atoms with Gasteiger partial charge in [0.25, 0.3) is 0 Å². The Morgan fingerprint density at radius 3 is 2.43 bits per heavy atom. The first kappa shape index (κ1) is 18.0. The average molecular weight is 323 g/mol. The minimum absolute atomic E-state index is 0.0267. The van der Waals surface area contributed by atoms with Gasteiger partial charge in [-0.05, 0) is 39.0 Å². The average Bonchev–Trinajstić information content (AvgIpc) is 3.37. The number of amides is 1. The second kappa shape index (κ2) is 8.52. The van der Waals surface area contributed by atoms with Crippen LogP contribution < -0.4 is 10.6 Å². The third-order valence-corrected chi connectivity index (χ3v) is 4.80. The minimum atomic E-state index is 0.0267. The molecular weight excluding hydrogens is 290 g/mol. The number of piperidine rings is 1. The van der Waals surface area contributed by atoms with E-state index in [0.29, 0.717) is 12.1 Å². The number of carbonyl (C=O) groups excluding carboxylic acids is 1. The Morgan fingerprint density at radius 2 is 1.91 bits per heavy atom. The predicted molar refractivity (Wildman–Crippen MR) is 94.6 cm³/mol. The van der Waals surface area contributed by atoms with E-state index < -0.39 is 0 Å². The molecule has 1 amide bonds. The van der Waals surface area contributed by atoms with Gasteiger partial charge in [0.15, 0.2) is 5.96 Å². The van der Waals surface area contributed by atoms with Crippen LogP contribution in [0.15, 0.2) is 4.99 Å². The van der Waals surface area contributed by atoms with Gasteiger partial charge in [-0.1, -0.05) is 6.92 Å². The van der Waals surface area contributed by atoms with Gasteiger partial charge in [0.05, 0.1) is 0 Å². The Bertz CT molecular complexity index is 411. The van der Waals surface area contributed by atoms with Crippen molar-refractivity contribution in [1.29, 1.82) is 0 Å². The third kappa shape index (κ3) is 6.01. The summed E-state index contributed by atoms with van der Waals surface area (Å²) in [6.07, 6.45) is 6.10. The van der Waals surface area contributed by atoms with Gasteiger partial charge < -0.3 is 20.4 Å². The van der Waals surface area contributed by atoms with E-state index >= 15 is 0 Å². The highest BCUT2D eigenvalue weighted by Gasteiger charge is 2.31. The Hall–Kier alpha value is -1.30. The maximum atomic E-state index is 11.8. The summed E-state index contributed by atoms with van der Waals surface area (Å²) in [6, 6.07) is 1.66. The maximum absolute atomic E-state index is 11.8. The van der Waals surface area contributed by atoms with Crippen LogP contribution in [-0.2, 0) is 4.79 Å². The van der Waals surface area contributed by atoms with Crippen LogP contribution in [0.2, 0.25) is 0 Å². The van der Waals surface area contributed by atoms with Crippen LogP contribution in [-0.4, -0.2) is 73.5 Å². The summed E-state index contributed by atoms with van der Waals surface area (Å²) in [5, 5.41) is 6.95. The fraction of sp³-hybridized carbons (Fsp3) is 0.882. The second-order valence-electron chi connectivity index (χ2n) is 7.09. The second-order valence-corrected chi connectivity index (χ2v) is 7.09. The summed E-state index contributed by atoms with van der Waals surface area (Å²) >= 11 is 0. The van der Waals surface area contributed by atoms with Crippen LogP contribution in [0.25, 0.3) is 0 Å². The van der Waals surface area contributed by atoms with E-state index in [1.807, 2.05) is 0 Å². The standard InChI is InChI=1S/C17H33N5O/c1-5-13(2)19-17(18-12-16(23)21(3)4)20-14-8-10-22(11-9-14)15-6-7-15/h13-15H,5-12H2,1-4H3,(H2,18,19,20). The lowest BCUT2D eigenvalue weighted by Crippen LogP contribution is -2.51. The summed E-state index contributed by atoms with van der Waals surface area (Å²) < 4.78 is 0. The molecule has 1 saturated heterocycles. The summed E-state index contributed by atoms with van der Waals surface area (Å²) in [7, 11) is 3.53. The number of aliphatic imine (C=N–C) groups is 1. The zero-order valence-corrected chi connectivity index (χ0v) is 15.1. The molecule has 0 aromatic carbocycles. The monoisotopic (exact) mass is 323 g/mol. The highest BCUT2D eigenvalue weighted by atomic mass is 16.2. The molecule has 1 unspecified atom stereocenters. The molecular formula is C17H33N5O. The molecule has 132 valence electrons. The number of hydrogen-bond acceptors (Lipinski definition) is 3. The molecule has 1 heterocycles. The van der Waals surface area contributed by atoms with Gasteiger partial charge in [0.2, 0.25) is 5.91 Å². The number of likely N-dealkylation sites (tertiary alicyclic amines) is 1. The molecule has 23 heavy (non-hydrogen) atoms. The molecule has 6 nitrogen and oxygen atoms in total. The minimum Gasteiger partial charge on any atom is -0.354 e. The first-order valence-electron chi connectivity index (χ1n) is 9.01. The van der Waals surface area contributed by atoms with E-state index in [0.717, 1.165) is 31.3 Å². The van der Waals surface area contributed by atoms with Crippen LogP contribution >= 0.6 is 0 Å². The lowest BCUT2D eigenvalue weighted by atomic mass is 10.1. The zero-order valence-electron chi connectivity index (χ0n) is 15.1. The topological polar surface area (TPSA) is 60.0 Å². The van der Waals surface area contributed by atoms with Crippen LogP contribution in [0, 0.1) is 0 Å². The largest absolute Gasteiger partial charge is 0.354 e. The predicted octanol–water partition coefficient (Wildman–Crippen LogP) is 1.04. The molecule has 1 aliphatic heterocycles. The fourth-order valence-corrected chi connectivity index (χ4v) is 2.80. The van der Waals surface area contributed by atoms with E-state index in [-0.39, 0.29) is 12.5 Å². The fourth-order valence-electron chi connectivity index (χ4n) is 2.80. The van der Waals surface area contributed by atoms with Crippen molar-refractivity contribution >= 4 is 11.9 Å². The summed E-state index contributed by atoms with van der Waals surface area (Å²) in [4.78, 5) is 20.5. The van der Waals surface area contributed by atoms with E-state index in [2.05, 4.69) is 34.4 Å². The van der Waals surface area contributed by atoms with Crippen molar-refractivity contribution in [3.05, 3.63) is 0 Å².